The lowest BCUT2D eigenvalue weighted by Crippen LogP contribution is -2.05. The number of carbonyl (C=O) groups is 1. The Hall–Kier alpha value is -2.82. The van der Waals surface area contributed by atoms with Crippen LogP contribution in [0.5, 0.6) is 0 Å². The van der Waals surface area contributed by atoms with E-state index < -0.39 is 0 Å². The first-order chi connectivity index (χ1) is 14.7. The fourth-order valence-corrected chi connectivity index (χ4v) is 4.19. The van der Waals surface area contributed by atoms with Crippen LogP contribution in [0, 0.1) is 11.3 Å². The summed E-state index contributed by atoms with van der Waals surface area (Å²) in [5.74, 6) is 0.297. The minimum atomic E-state index is -0.345. The Kier molecular flexibility index (Phi) is 7.89. The molecule has 30 heavy (non-hydrogen) atoms. The number of aryl methyl sites for hydroxylation is 1. The molecule has 1 aromatic heterocycles. The highest BCUT2D eigenvalue weighted by Crippen LogP contribution is 2.29. The zero-order valence-electron chi connectivity index (χ0n) is 17.3. The molecular weight excluding hydrogens is 398 g/mol. The quantitative estimate of drug-likeness (QED) is 0.265. The van der Waals surface area contributed by atoms with Gasteiger partial charge in [-0.2, -0.15) is 5.26 Å². The van der Waals surface area contributed by atoms with Gasteiger partial charge < -0.3 is 14.0 Å². The van der Waals surface area contributed by atoms with E-state index in [1.54, 1.807) is 30.8 Å². The van der Waals surface area contributed by atoms with Crippen LogP contribution in [0.2, 0.25) is 0 Å². The van der Waals surface area contributed by atoms with Crippen LogP contribution in [0.3, 0.4) is 0 Å². The van der Waals surface area contributed by atoms with E-state index in [0.717, 1.165) is 34.7 Å². The molecular formula is C23H25N3O3S. The van der Waals surface area contributed by atoms with Gasteiger partial charge in [0.05, 0.1) is 34.8 Å². The van der Waals surface area contributed by atoms with Gasteiger partial charge in [-0.1, -0.05) is 30.0 Å². The number of nitrogens with zero attached hydrogens (tertiary/aromatic N) is 3. The summed E-state index contributed by atoms with van der Waals surface area (Å²) in [7, 11) is 0. The van der Waals surface area contributed by atoms with Crippen molar-refractivity contribution in [2.45, 2.75) is 37.7 Å². The molecule has 6 nitrogen and oxygen atoms in total. The summed E-state index contributed by atoms with van der Waals surface area (Å²) in [6.07, 6.45) is 0.862. The SMILES string of the molecule is CCOCCCn1c(SCc2ccccc2C#N)nc2cc(C(=O)OCC)ccc21. The third kappa shape index (κ3) is 5.21. The molecule has 0 unspecified atom stereocenters. The van der Waals surface area contributed by atoms with Gasteiger partial charge in [-0.05, 0) is 50.1 Å². The molecule has 0 saturated carbocycles. The molecule has 0 amide bonds. The monoisotopic (exact) mass is 423 g/mol. The summed E-state index contributed by atoms with van der Waals surface area (Å²) in [5, 5.41) is 10.2. The van der Waals surface area contributed by atoms with Crippen molar-refractivity contribution in [3.8, 4) is 6.07 Å². The van der Waals surface area contributed by atoms with Gasteiger partial charge in [-0.3, -0.25) is 0 Å². The number of nitriles is 1. The Balaban J connectivity index is 1.89. The number of ether oxygens (including phenoxy) is 2. The molecule has 0 fully saturated rings. The van der Waals surface area contributed by atoms with Crippen molar-refractivity contribution < 1.29 is 14.3 Å². The van der Waals surface area contributed by atoms with Gasteiger partial charge in [-0.25, -0.2) is 9.78 Å². The Labute approximate surface area is 180 Å². The number of aromatic nitrogens is 2. The zero-order chi connectivity index (χ0) is 21.3. The standard InChI is InChI=1S/C23H25N3O3S/c1-3-28-13-7-12-26-21-11-10-17(22(27)29-4-2)14-20(21)25-23(26)30-16-19-9-6-5-8-18(19)15-24/h5-6,8-11,14H,3-4,7,12-13,16H2,1-2H3. The number of fused-ring (bicyclic) bond motifs is 1. The average molecular weight is 424 g/mol. The van der Waals surface area contributed by atoms with E-state index in [1.165, 1.54) is 0 Å². The van der Waals surface area contributed by atoms with Crippen molar-refractivity contribution in [2.24, 2.45) is 0 Å². The predicted octanol–water partition coefficient (Wildman–Crippen LogP) is 4.80. The number of carbonyl (C=O) groups excluding carboxylic acids is 1. The Bertz CT molecular complexity index is 1060. The second-order valence-electron chi connectivity index (χ2n) is 6.58. The Morgan fingerprint density at radius 2 is 2.03 bits per heavy atom. The largest absolute Gasteiger partial charge is 0.462 e. The van der Waals surface area contributed by atoms with Crippen molar-refractivity contribution in [1.29, 1.82) is 5.26 Å². The summed E-state index contributed by atoms with van der Waals surface area (Å²) in [5.41, 5.74) is 3.87. The van der Waals surface area contributed by atoms with Gasteiger partial charge in [0.2, 0.25) is 0 Å². The smallest absolute Gasteiger partial charge is 0.338 e. The lowest BCUT2D eigenvalue weighted by Gasteiger charge is -2.10. The van der Waals surface area contributed by atoms with E-state index in [0.29, 0.717) is 36.7 Å². The van der Waals surface area contributed by atoms with Crippen LogP contribution in [0.4, 0.5) is 0 Å². The molecule has 0 saturated heterocycles. The van der Waals surface area contributed by atoms with E-state index >= 15 is 0 Å². The van der Waals surface area contributed by atoms with Gasteiger partial charge in [0.15, 0.2) is 5.16 Å². The van der Waals surface area contributed by atoms with E-state index in [2.05, 4.69) is 10.6 Å². The van der Waals surface area contributed by atoms with E-state index in [4.69, 9.17) is 14.5 Å². The number of imidazole rings is 1. The molecule has 0 spiro atoms. The minimum absolute atomic E-state index is 0.335. The highest BCUT2D eigenvalue weighted by Gasteiger charge is 2.15. The summed E-state index contributed by atoms with van der Waals surface area (Å²) in [6.45, 7) is 6.24. The fourth-order valence-electron chi connectivity index (χ4n) is 3.14. The number of thioether (sulfide) groups is 1. The van der Waals surface area contributed by atoms with Gasteiger partial charge in [0, 0.05) is 25.5 Å². The second kappa shape index (κ2) is 10.8. The van der Waals surface area contributed by atoms with Crippen LogP contribution in [0.15, 0.2) is 47.6 Å². The first kappa shape index (κ1) is 21.9. The van der Waals surface area contributed by atoms with Crippen molar-refractivity contribution in [3.05, 3.63) is 59.2 Å². The highest BCUT2D eigenvalue weighted by molar-refractivity contribution is 7.98. The van der Waals surface area contributed by atoms with Crippen molar-refractivity contribution in [3.63, 3.8) is 0 Å². The average Bonchev–Trinajstić information content (AvgIpc) is 3.12. The fraction of sp³-hybridized carbons (Fsp3) is 0.348. The molecule has 3 aromatic rings. The second-order valence-corrected chi connectivity index (χ2v) is 7.52. The first-order valence-electron chi connectivity index (χ1n) is 10.0. The lowest BCUT2D eigenvalue weighted by atomic mass is 10.1. The first-order valence-corrected chi connectivity index (χ1v) is 11.0. The molecule has 0 N–H and O–H groups in total. The molecule has 0 aliphatic heterocycles. The molecule has 3 rings (SSSR count). The van der Waals surface area contributed by atoms with Gasteiger partial charge >= 0.3 is 5.97 Å². The maximum atomic E-state index is 12.1. The summed E-state index contributed by atoms with van der Waals surface area (Å²) in [6, 6.07) is 15.3. The van der Waals surface area contributed by atoms with Crippen molar-refractivity contribution in [1.82, 2.24) is 9.55 Å². The van der Waals surface area contributed by atoms with Crippen LogP contribution in [0.1, 0.15) is 41.8 Å². The topological polar surface area (TPSA) is 77.1 Å². The summed E-state index contributed by atoms with van der Waals surface area (Å²) >= 11 is 1.59. The molecule has 0 aliphatic rings. The molecule has 7 heteroatoms. The van der Waals surface area contributed by atoms with Crippen LogP contribution in [-0.4, -0.2) is 35.3 Å². The van der Waals surface area contributed by atoms with E-state index in [1.807, 2.05) is 37.3 Å². The highest BCUT2D eigenvalue weighted by atomic mass is 32.2. The van der Waals surface area contributed by atoms with E-state index in [9.17, 15) is 10.1 Å². The third-order valence-corrected chi connectivity index (χ3v) is 5.62. The minimum Gasteiger partial charge on any atom is -0.462 e. The van der Waals surface area contributed by atoms with Crippen molar-refractivity contribution in [2.75, 3.05) is 19.8 Å². The molecule has 2 aromatic carbocycles. The molecule has 0 bridgehead atoms. The van der Waals surface area contributed by atoms with Gasteiger partial charge in [0.25, 0.3) is 0 Å². The molecule has 0 radical (unpaired) electrons. The summed E-state index contributed by atoms with van der Waals surface area (Å²) < 4.78 is 12.7. The number of rotatable bonds is 10. The van der Waals surface area contributed by atoms with Crippen LogP contribution < -0.4 is 0 Å². The number of hydrogen-bond donors (Lipinski definition) is 0. The molecule has 1 heterocycles. The Morgan fingerprint density at radius 3 is 2.80 bits per heavy atom. The molecule has 0 aliphatic carbocycles. The lowest BCUT2D eigenvalue weighted by molar-refractivity contribution is 0.0526. The van der Waals surface area contributed by atoms with Crippen LogP contribution in [0.25, 0.3) is 11.0 Å². The summed E-state index contributed by atoms with van der Waals surface area (Å²) in [4.78, 5) is 16.9. The van der Waals surface area contributed by atoms with Gasteiger partial charge in [-0.15, -0.1) is 0 Å². The molecule has 0 atom stereocenters. The number of benzene rings is 2. The molecule has 156 valence electrons. The maximum absolute atomic E-state index is 12.1. The van der Waals surface area contributed by atoms with Crippen LogP contribution in [-0.2, 0) is 21.8 Å². The predicted molar refractivity (Wildman–Crippen MR) is 118 cm³/mol. The maximum Gasteiger partial charge on any atom is 0.338 e. The van der Waals surface area contributed by atoms with E-state index in [-0.39, 0.29) is 5.97 Å². The number of esters is 1. The normalized spacial score (nSPS) is 10.8. The zero-order valence-corrected chi connectivity index (χ0v) is 18.1. The van der Waals surface area contributed by atoms with Crippen LogP contribution >= 0.6 is 11.8 Å². The third-order valence-electron chi connectivity index (χ3n) is 4.59. The van der Waals surface area contributed by atoms with Gasteiger partial charge in [0.1, 0.15) is 0 Å². The number of hydrogen-bond acceptors (Lipinski definition) is 6. The van der Waals surface area contributed by atoms with Crippen molar-refractivity contribution >= 4 is 28.8 Å². The Morgan fingerprint density at radius 1 is 1.20 bits per heavy atom.